The lowest BCUT2D eigenvalue weighted by molar-refractivity contribution is -0.123. The van der Waals surface area contributed by atoms with Crippen LogP contribution in [0.5, 0.6) is 0 Å². The maximum atomic E-state index is 12.6. The fourth-order valence-corrected chi connectivity index (χ4v) is 3.80. The molecule has 4 rings (SSSR count). The van der Waals surface area contributed by atoms with Crippen LogP contribution in [0.2, 0.25) is 0 Å². The van der Waals surface area contributed by atoms with Crippen molar-refractivity contribution in [1.82, 2.24) is 4.98 Å². The van der Waals surface area contributed by atoms with Crippen LogP contribution in [0.1, 0.15) is 36.5 Å². The molecule has 1 aromatic heterocycles. The lowest BCUT2D eigenvalue weighted by atomic mass is 10.1. The van der Waals surface area contributed by atoms with E-state index in [9.17, 15) is 14.4 Å². The molecule has 0 spiro atoms. The van der Waals surface area contributed by atoms with Gasteiger partial charge in [-0.3, -0.25) is 9.59 Å². The number of carbonyl (C=O) groups excluding carboxylic acids is 2. The number of amides is 1. The smallest absolute Gasteiger partial charge is 0.339 e. The Morgan fingerprint density at radius 1 is 1.03 bits per heavy atom. The molecule has 2 aromatic carbocycles. The van der Waals surface area contributed by atoms with Gasteiger partial charge in [0.25, 0.3) is 5.91 Å². The topological polar surface area (TPSA) is 91.5 Å². The van der Waals surface area contributed by atoms with E-state index in [4.69, 9.17) is 4.74 Å². The molecule has 7 nitrogen and oxygen atoms in total. The van der Waals surface area contributed by atoms with Gasteiger partial charge in [-0.2, -0.15) is 0 Å². The SMILES string of the molecule is CC(OC(=O)c1cc(=O)[nH]c2ccccc12)C(=O)Nc1ccc(N2CCCCC2)cc1. The molecule has 3 aromatic rings. The molecule has 0 bridgehead atoms. The van der Waals surface area contributed by atoms with Gasteiger partial charge in [0, 0.05) is 41.4 Å². The summed E-state index contributed by atoms with van der Waals surface area (Å²) in [5.41, 5.74) is 2.03. The van der Waals surface area contributed by atoms with Crippen molar-refractivity contribution in [1.29, 1.82) is 0 Å². The predicted molar refractivity (Wildman–Crippen MR) is 121 cm³/mol. The van der Waals surface area contributed by atoms with Crippen molar-refractivity contribution in [2.45, 2.75) is 32.3 Å². The second-order valence-corrected chi connectivity index (χ2v) is 7.72. The Balaban J connectivity index is 1.41. The summed E-state index contributed by atoms with van der Waals surface area (Å²) in [6.45, 7) is 3.61. The highest BCUT2D eigenvalue weighted by atomic mass is 16.5. The van der Waals surface area contributed by atoms with Crippen molar-refractivity contribution in [3.63, 3.8) is 0 Å². The van der Waals surface area contributed by atoms with E-state index in [1.807, 2.05) is 24.3 Å². The average Bonchev–Trinajstić information content (AvgIpc) is 2.79. The van der Waals surface area contributed by atoms with E-state index in [-0.39, 0.29) is 5.56 Å². The van der Waals surface area contributed by atoms with E-state index in [1.54, 1.807) is 24.3 Å². The normalized spacial score (nSPS) is 14.8. The van der Waals surface area contributed by atoms with Crippen molar-refractivity contribution < 1.29 is 14.3 Å². The number of esters is 1. The number of nitrogens with one attached hydrogen (secondary N) is 2. The van der Waals surface area contributed by atoms with Gasteiger partial charge in [-0.15, -0.1) is 0 Å². The molecule has 160 valence electrons. The van der Waals surface area contributed by atoms with Gasteiger partial charge in [-0.1, -0.05) is 18.2 Å². The number of fused-ring (bicyclic) bond motifs is 1. The van der Waals surface area contributed by atoms with Gasteiger partial charge in [0.2, 0.25) is 5.56 Å². The number of ether oxygens (including phenoxy) is 1. The van der Waals surface area contributed by atoms with Crippen LogP contribution in [-0.4, -0.2) is 36.1 Å². The number of carbonyl (C=O) groups is 2. The first-order chi connectivity index (χ1) is 15.0. The highest BCUT2D eigenvalue weighted by Gasteiger charge is 2.21. The molecule has 1 aliphatic rings. The Morgan fingerprint density at radius 3 is 2.48 bits per heavy atom. The van der Waals surface area contributed by atoms with Crippen LogP contribution in [0.15, 0.2) is 59.4 Å². The largest absolute Gasteiger partial charge is 0.449 e. The lowest BCUT2D eigenvalue weighted by Crippen LogP contribution is -2.30. The van der Waals surface area contributed by atoms with Gasteiger partial charge in [-0.05, 0) is 56.5 Å². The molecule has 0 aliphatic carbocycles. The number of pyridine rings is 1. The van der Waals surface area contributed by atoms with Gasteiger partial charge < -0.3 is 19.9 Å². The van der Waals surface area contributed by atoms with Crippen LogP contribution in [0.4, 0.5) is 11.4 Å². The summed E-state index contributed by atoms with van der Waals surface area (Å²) in [7, 11) is 0. The average molecular weight is 419 g/mol. The Hall–Kier alpha value is -3.61. The fraction of sp³-hybridized carbons (Fsp3) is 0.292. The number of hydrogen-bond donors (Lipinski definition) is 2. The molecule has 31 heavy (non-hydrogen) atoms. The predicted octanol–water partition coefficient (Wildman–Crippen LogP) is 3.70. The van der Waals surface area contributed by atoms with Crippen LogP contribution in [0, 0.1) is 0 Å². The van der Waals surface area contributed by atoms with E-state index in [0.29, 0.717) is 16.6 Å². The summed E-state index contributed by atoms with van der Waals surface area (Å²) in [5.74, 6) is -1.15. The summed E-state index contributed by atoms with van der Waals surface area (Å²) in [6, 6.07) is 15.8. The van der Waals surface area contributed by atoms with Crippen LogP contribution >= 0.6 is 0 Å². The first-order valence-electron chi connectivity index (χ1n) is 10.5. The summed E-state index contributed by atoms with van der Waals surface area (Å²) < 4.78 is 5.34. The molecule has 1 atom stereocenters. The number of anilines is 2. The fourth-order valence-electron chi connectivity index (χ4n) is 3.80. The van der Waals surface area contributed by atoms with Crippen molar-refractivity contribution in [2.24, 2.45) is 0 Å². The highest BCUT2D eigenvalue weighted by Crippen LogP contribution is 2.22. The standard InChI is InChI=1S/C24H25N3O4/c1-16(31-24(30)20-15-22(28)26-21-8-4-3-7-19(20)21)23(29)25-17-9-11-18(12-10-17)27-13-5-2-6-14-27/h3-4,7-12,15-16H,2,5-6,13-14H2,1H3,(H,25,29)(H,26,28). The van der Waals surface area contributed by atoms with Crippen LogP contribution in [0.3, 0.4) is 0 Å². The zero-order valence-electron chi connectivity index (χ0n) is 17.4. The van der Waals surface area contributed by atoms with Crippen LogP contribution < -0.4 is 15.8 Å². The van der Waals surface area contributed by atoms with Crippen molar-refractivity contribution in [3.8, 4) is 0 Å². The molecule has 1 aliphatic heterocycles. The molecule has 1 unspecified atom stereocenters. The number of para-hydroxylation sites is 1. The number of aromatic amines is 1. The number of H-pyrrole nitrogens is 1. The second-order valence-electron chi connectivity index (χ2n) is 7.72. The summed E-state index contributed by atoms with van der Waals surface area (Å²) in [6.07, 6.45) is 2.65. The quantitative estimate of drug-likeness (QED) is 0.616. The van der Waals surface area contributed by atoms with Crippen LogP contribution in [-0.2, 0) is 9.53 Å². The number of nitrogens with zero attached hydrogens (tertiary/aromatic N) is 1. The maximum absolute atomic E-state index is 12.6. The number of aromatic nitrogens is 1. The highest BCUT2D eigenvalue weighted by molar-refractivity contribution is 6.04. The minimum Gasteiger partial charge on any atom is -0.449 e. The van der Waals surface area contributed by atoms with Gasteiger partial charge in [0.05, 0.1) is 5.56 Å². The van der Waals surface area contributed by atoms with Crippen molar-refractivity contribution >= 4 is 34.2 Å². The molecule has 7 heteroatoms. The summed E-state index contributed by atoms with van der Waals surface area (Å²) in [5, 5.41) is 3.34. The number of piperidine rings is 1. The van der Waals surface area contributed by atoms with Gasteiger partial charge in [0.1, 0.15) is 0 Å². The third kappa shape index (κ3) is 4.77. The van der Waals surface area contributed by atoms with E-state index in [2.05, 4.69) is 15.2 Å². The zero-order valence-corrected chi connectivity index (χ0v) is 17.4. The van der Waals surface area contributed by atoms with E-state index in [0.717, 1.165) is 18.8 Å². The zero-order chi connectivity index (χ0) is 21.8. The second kappa shape index (κ2) is 9.04. The number of rotatable bonds is 5. The Bertz CT molecular complexity index is 1150. The maximum Gasteiger partial charge on any atom is 0.339 e. The molecule has 0 radical (unpaired) electrons. The molecule has 0 saturated carbocycles. The number of benzene rings is 2. The summed E-state index contributed by atoms with van der Waals surface area (Å²) in [4.78, 5) is 42.0. The van der Waals surface area contributed by atoms with Gasteiger partial charge in [-0.25, -0.2) is 4.79 Å². The molecule has 2 heterocycles. The third-order valence-corrected chi connectivity index (χ3v) is 5.48. The van der Waals surface area contributed by atoms with E-state index >= 15 is 0 Å². The van der Waals surface area contributed by atoms with E-state index in [1.165, 1.54) is 32.3 Å². The van der Waals surface area contributed by atoms with Crippen molar-refractivity contribution in [2.75, 3.05) is 23.3 Å². The third-order valence-electron chi connectivity index (χ3n) is 5.48. The molecular weight excluding hydrogens is 394 g/mol. The van der Waals surface area contributed by atoms with Crippen LogP contribution in [0.25, 0.3) is 10.9 Å². The Morgan fingerprint density at radius 2 is 1.74 bits per heavy atom. The first kappa shape index (κ1) is 20.7. The van der Waals surface area contributed by atoms with Gasteiger partial charge >= 0.3 is 5.97 Å². The minimum atomic E-state index is -1.02. The first-order valence-corrected chi connectivity index (χ1v) is 10.5. The van der Waals surface area contributed by atoms with Gasteiger partial charge in [0.15, 0.2) is 6.10 Å². The minimum absolute atomic E-state index is 0.130. The lowest BCUT2D eigenvalue weighted by Gasteiger charge is -2.28. The Kier molecular flexibility index (Phi) is 6.02. The molecule has 1 fully saturated rings. The molecule has 1 amide bonds. The molecule has 2 N–H and O–H groups in total. The molecule has 1 saturated heterocycles. The summed E-state index contributed by atoms with van der Waals surface area (Å²) >= 11 is 0. The monoisotopic (exact) mass is 419 g/mol. The Labute approximate surface area is 180 Å². The number of hydrogen-bond acceptors (Lipinski definition) is 5. The van der Waals surface area contributed by atoms with E-state index < -0.39 is 23.5 Å². The molecular formula is C24H25N3O4. The van der Waals surface area contributed by atoms with Crippen molar-refractivity contribution in [3.05, 3.63) is 70.5 Å².